The molecule has 150 valence electrons. The van der Waals surface area contributed by atoms with Gasteiger partial charge in [0.15, 0.2) is 0 Å². The number of esters is 1. The monoisotopic (exact) mass is 401 g/mol. The van der Waals surface area contributed by atoms with Crippen molar-refractivity contribution in [3.8, 4) is 5.75 Å². The molecule has 4 rings (SSSR count). The summed E-state index contributed by atoms with van der Waals surface area (Å²) < 4.78 is 10.7. The zero-order valence-electron chi connectivity index (χ0n) is 16.3. The van der Waals surface area contributed by atoms with Crippen LogP contribution in [0.2, 0.25) is 0 Å². The molecule has 3 aromatic carbocycles. The van der Waals surface area contributed by atoms with Gasteiger partial charge in [-0.25, -0.2) is 9.69 Å². The molecule has 1 heterocycles. The van der Waals surface area contributed by atoms with Crippen LogP contribution < -0.4 is 9.64 Å². The van der Waals surface area contributed by atoms with Crippen molar-refractivity contribution in [1.82, 2.24) is 0 Å². The average Bonchev–Trinajstić information content (AvgIpc) is 3.03. The molecular weight excluding hydrogens is 382 g/mol. The number of ether oxygens (including phenoxy) is 2. The Morgan fingerprint density at radius 2 is 1.57 bits per heavy atom. The molecule has 1 aliphatic heterocycles. The normalized spacial score (nSPS) is 12.6. The van der Waals surface area contributed by atoms with E-state index in [-0.39, 0.29) is 23.3 Å². The lowest BCUT2D eigenvalue weighted by molar-refractivity contribution is 0.0472. The summed E-state index contributed by atoms with van der Waals surface area (Å²) >= 11 is 0. The summed E-state index contributed by atoms with van der Waals surface area (Å²) in [7, 11) is 0. The summed E-state index contributed by atoms with van der Waals surface area (Å²) in [6.45, 7) is 2.53. The van der Waals surface area contributed by atoms with Crippen LogP contribution in [0.3, 0.4) is 0 Å². The van der Waals surface area contributed by atoms with Crippen LogP contribution in [0.1, 0.15) is 43.6 Å². The second-order valence-electron chi connectivity index (χ2n) is 6.69. The molecule has 0 atom stereocenters. The molecule has 0 fully saturated rings. The number of hydrogen-bond donors (Lipinski definition) is 0. The minimum Gasteiger partial charge on any atom is -0.494 e. The van der Waals surface area contributed by atoms with Gasteiger partial charge in [-0.2, -0.15) is 0 Å². The van der Waals surface area contributed by atoms with Crippen LogP contribution in [-0.4, -0.2) is 24.4 Å². The first-order valence-electron chi connectivity index (χ1n) is 9.55. The third-order valence-corrected chi connectivity index (χ3v) is 4.74. The molecule has 0 saturated heterocycles. The molecule has 30 heavy (non-hydrogen) atoms. The lowest BCUT2D eigenvalue weighted by Crippen LogP contribution is -2.29. The molecule has 0 spiro atoms. The summed E-state index contributed by atoms with van der Waals surface area (Å²) in [5, 5.41) is 0. The Labute approximate surface area is 173 Å². The fraction of sp³-hybridized carbons (Fsp3) is 0.125. The van der Waals surface area contributed by atoms with Crippen molar-refractivity contribution in [2.45, 2.75) is 13.5 Å². The van der Waals surface area contributed by atoms with Crippen molar-refractivity contribution < 1.29 is 23.9 Å². The minimum atomic E-state index is -0.554. The van der Waals surface area contributed by atoms with Gasteiger partial charge in [0.1, 0.15) is 12.4 Å². The molecule has 0 bridgehead atoms. The Bertz CT molecular complexity index is 1110. The lowest BCUT2D eigenvalue weighted by atomic mass is 10.1. The van der Waals surface area contributed by atoms with Gasteiger partial charge in [-0.15, -0.1) is 0 Å². The number of carbonyl (C=O) groups is 3. The van der Waals surface area contributed by atoms with Crippen molar-refractivity contribution in [2.24, 2.45) is 0 Å². The number of carbonyl (C=O) groups excluding carboxylic acids is 3. The summed E-state index contributed by atoms with van der Waals surface area (Å²) in [6.07, 6.45) is 0. The quantitative estimate of drug-likeness (QED) is 0.456. The van der Waals surface area contributed by atoms with Crippen molar-refractivity contribution >= 4 is 23.5 Å². The second kappa shape index (κ2) is 8.21. The fourth-order valence-corrected chi connectivity index (χ4v) is 3.27. The predicted molar refractivity (Wildman–Crippen MR) is 111 cm³/mol. The summed E-state index contributed by atoms with van der Waals surface area (Å²) in [4.78, 5) is 39.2. The Morgan fingerprint density at radius 1 is 0.867 bits per heavy atom. The van der Waals surface area contributed by atoms with E-state index in [1.807, 2.05) is 37.3 Å². The smallest absolute Gasteiger partial charge is 0.338 e. The zero-order valence-corrected chi connectivity index (χ0v) is 16.3. The summed E-state index contributed by atoms with van der Waals surface area (Å²) in [6, 6.07) is 20.4. The number of nitrogens with zero attached hydrogens (tertiary/aromatic N) is 1. The number of anilines is 1. The molecule has 0 radical (unpaired) electrons. The topological polar surface area (TPSA) is 72.9 Å². The van der Waals surface area contributed by atoms with E-state index in [9.17, 15) is 14.4 Å². The van der Waals surface area contributed by atoms with Gasteiger partial charge in [-0.3, -0.25) is 9.59 Å². The molecular formula is C24H19NO5. The third-order valence-electron chi connectivity index (χ3n) is 4.74. The van der Waals surface area contributed by atoms with E-state index in [2.05, 4.69) is 0 Å². The number of hydrogen-bond acceptors (Lipinski definition) is 5. The van der Waals surface area contributed by atoms with Crippen molar-refractivity contribution in [3.05, 3.63) is 95.1 Å². The molecule has 3 aromatic rings. The molecule has 0 saturated carbocycles. The van der Waals surface area contributed by atoms with Gasteiger partial charge in [0.25, 0.3) is 11.8 Å². The SMILES string of the molecule is CCOc1ccc(N2C(=O)c3ccc(C(=O)OCc4ccccc4)cc3C2=O)cc1. The van der Waals surface area contributed by atoms with Gasteiger partial charge >= 0.3 is 5.97 Å². The highest BCUT2D eigenvalue weighted by molar-refractivity contribution is 6.34. The lowest BCUT2D eigenvalue weighted by Gasteiger charge is -2.14. The number of rotatable bonds is 6. The molecule has 1 aliphatic rings. The van der Waals surface area contributed by atoms with Gasteiger partial charge in [-0.1, -0.05) is 30.3 Å². The van der Waals surface area contributed by atoms with Crippen LogP contribution >= 0.6 is 0 Å². The molecule has 0 aliphatic carbocycles. The molecule has 0 aromatic heterocycles. The zero-order chi connectivity index (χ0) is 21.1. The van der Waals surface area contributed by atoms with E-state index in [0.717, 1.165) is 10.5 Å². The third kappa shape index (κ3) is 3.67. The van der Waals surface area contributed by atoms with Gasteiger partial charge in [0.05, 0.1) is 29.0 Å². The Balaban J connectivity index is 1.53. The van der Waals surface area contributed by atoms with E-state index in [1.165, 1.54) is 18.2 Å². The van der Waals surface area contributed by atoms with Crippen LogP contribution in [0.4, 0.5) is 5.69 Å². The van der Waals surface area contributed by atoms with E-state index in [1.54, 1.807) is 24.3 Å². The fourth-order valence-electron chi connectivity index (χ4n) is 3.27. The maximum Gasteiger partial charge on any atom is 0.338 e. The van der Waals surface area contributed by atoms with Gasteiger partial charge < -0.3 is 9.47 Å². The van der Waals surface area contributed by atoms with Crippen LogP contribution in [-0.2, 0) is 11.3 Å². The van der Waals surface area contributed by atoms with E-state index >= 15 is 0 Å². The number of benzene rings is 3. The molecule has 0 N–H and O–H groups in total. The van der Waals surface area contributed by atoms with Crippen molar-refractivity contribution in [1.29, 1.82) is 0 Å². The Hall–Kier alpha value is -3.93. The molecule has 6 nitrogen and oxygen atoms in total. The highest BCUT2D eigenvalue weighted by atomic mass is 16.5. The van der Waals surface area contributed by atoms with Gasteiger partial charge in [0, 0.05) is 0 Å². The Morgan fingerprint density at radius 3 is 2.27 bits per heavy atom. The summed E-state index contributed by atoms with van der Waals surface area (Å²) in [5.41, 5.74) is 1.97. The standard InChI is InChI=1S/C24H19NO5/c1-2-29-19-11-9-18(10-12-19)25-22(26)20-13-8-17(14-21(20)23(25)27)24(28)30-15-16-6-4-3-5-7-16/h3-14H,2,15H2,1H3. The largest absolute Gasteiger partial charge is 0.494 e. The van der Waals surface area contributed by atoms with E-state index < -0.39 is 17.8 Å². The predicted octanol–water partition coefficient (Wildman–Crippen LogP) is 4.24. The number of fused-ring (bicyclic) bond motifs is 1. The molecule has 2 amide bonds. The van der Waals surface area contributed by atoms with Gasteiger partial charge in [-0.05, 0) is 55.0 Å². The average molecular weight is 401 g/mol. The van der Waals surface area contributed by atoms with Gasteiger partial charge in [0.2, 0.25) is 0 Å². The maximum absolute atomic E-state index is 12.9. The van der Waals surface area contributed by atoms with E-state index in [0.29, 0.717) is 18.0 Å². The highest BCUT2D eigenvalue weighted by Gasteiger charge is 2.37. The van der Waals surface area contributed by atoms with Crippen LogP contribution in [0.25, 0.3) is 0 Å². The van der Waals surface area contributed by atoms with Crippen LogP contribution in [0.5, 0.6) is 5.75 Å². The number of imide groups is 1. The Kier molecular flexibility index (Phi) is 5.30. The van der Waals surface area contributed by atoms with E-state index in [4.69, 9.17) is 9.47 Å². The first-order chi connectivity index (χ1) is 14.6. The summed E-state index contributed by atoms with van der Waals surface area (Å²) in [5.74, 6) is -0.803. The molecule has 6 heteroatoms. The molecule has 0 unspecified atom stereocenters. The van der Waals surface area contributed by atoms with Crippen LogP contribution in [0.15, 0.2) is 72.8 Å². The highest BCUT2D eigenvalue weighted by Crippen LogP contribution is 2.30. The second-order valence-corrected chi connectivity index (χ2v) is 6.69. The first kappa shape index (κ1) is 19.4. The van der Waals surface area contributed by atoms with Crippen LogP contribution in [0, 0.1) is 0 Å². The first-order valence-corrected chi connectivity index (χ1v) is 9.55. The van der Waals surface area contributed by atoms with Crippen molar-refractivity contribution in [3.63, 3.8) is 0 Å². The van der Waals surface area contributed by atoms with Crippen molar-refractivity contribution in [2.75, 3.05) is 11.5 Å². The number of amides is 2. The minimum absolute atomic E-state index is 0.127. The maximum atomic E-state index is 12.9.